The van der Waals surface area contributed by atoms with Crippen LogP contribution in [0.2, 0.25) is 0 Å². The van der Waals surface area contributed by atoms with Gasteiger partial charge in [-0.05, 0) is 43.9 Å². The number of nitrogens with zero attached hydrogens (tertiary/aromatic N) is 2. The van der Waals surface area contributed by atoms with Crippen molar-refractivity contribution >= 4 is 32.9 Å². The maximum Gasteiger partial charge on any atom is 0.306 e. The first-order valence-corrected chi connectivity index (χ1v) is 8.28. The van der Waals surface area contributed by atoms with E-state index in [1.165, 1.54) is 0 Å². The Hall–Kier alpha value is -1.36. The van der Waals surface area contributed by atoms with Crippen LogP contribution < -0.4 is 0 Å². The molecule has 2 unspecified atom stereocenters. The van der Waals surface area contributed by atoms with Crippen LogP contribution in [0.25, 0.3) is 11.0 Å². The molecule has 4 nitrogen and oxygen atoms in total. The second-order valence-corrected chi connectivity index (χ2v) is 6.72. The molecule has 112 valence electrons. The molecule has 0 spiro atoms. The standard InChI is InChI=1S/C16H19BrN2O2/c1-2-7-19-14-6-5-12(17)9-13(14)18-15(19)10-3-4-11(8-10)16(20)21/h5-6,9-11H,2-4,7-8H2,1H3,(H,20,21). The van der Waals surface area contributed by atoms with Gasteiger partial charge in [0.2, 0.25) is 0 Å². The lowest BCUT2D eigenvalue weighted by Gasteiger charge is -2.13. The third-order valence-electron chi connectivity index (χ3n) is 4.33. The van der Waals surface area contributed by atoms with Crippen LogP contribution in [0.5, 0.6) is 0 Å². The van der Waals surface area contributed by atoms with Gasteiger partial charge in [0.15, 0.2) is 0 Å². The Kier molecular flexibility index (Phi) is 4.02. The van der Waals surface area contributed by atoms with Crippen molar-refractivity contribution in [2.75, 3.05) is 0 Å². The number of rotatable bonds is 4. The molecule has 1 fully saturated rings. The van der Waals surface area contributed by atoms with Crippen LogP contribution in [0.1, 0.15) is 44.3 Å². The smallest absolute Gasteiger partial charge is 0.306 e. The summed E-state index contributed by atoms with van der Waals surface area (Å²) in [6.07, 6.45) is 3.44. The van der Waals surface area contributed by atoms with Crippen molar-refractivity contribution in [3.05, 3.63) is 28.5 Å². The minimum Gasteiger partial charge on any atom is -0.481 e. The molecule has 21 heavy (non-hydrogen) atoms. The Morgan fingerprint density at radius 2 is 2.29 bits per heavy atom. The molecule has 1 aliphatic carbocycles. The molecule has 1 aromatic carbocycles. The fourth-order valence-electron chi connectivity index (χ4n) is 3.33. The minimum atomic E-state index is -0.668. The minimum absolute atomic E-state index is 0.211. The number of halogens is 1. The molecule has 0 bridgehead atoms. The zero-order valence-corrected chi connectivity index (χ0v) is 13.6. The third-order valence-corrected chi connectivity index (χ3v) is 4.83. The van der Waals surface area contributed by atoms with Crippen LogP contribution >= 0.6 is 15.9 Å². The summed E-state index contributed by atoms with van der Waals surface area (Å²) in [7, 11) is 0. The van der Waals surface area contributed by atoms with Gasteiger partial charge in [-0.15, -0.1) is 0 Å². The Labute approximate surface area is 132 Å². The number of hydrogen-bond donors (Lipinski definition) is 1. The molecule has 1 saturated carbocycles. The second kappa shape index (κ2) is 5.79. The number of benzene rings is 1. The number of carboxylic acid groups (broad SMARTS) is 1. The van der Waals surface area contributed by atoms with Crippen molar-refractivity contribution in [1.82, 2.24) is 9.55 Å². The van der Waals surface area contributed by atoms with E-state index in [0.29, 0.717) is 6.42 Å². The molecular weight excluding hydrogens is 332 g/mol. The quantitative estimate of drug-likeness (QED) is 0.899. The van der Waals surface area contributed by atoms with Gasteiger partial charge in [-0.1, -0.05) is 22.9 Å². The van der Waals surface area contributed by atoms with E-state index in [-0.39, 0.29) is 11.8 Å². The van der Waals surface area contributed by atoms with Gasteiger partial charge in [0, 0.05) is 16.9 Å². The number of imidazole rings is 1. The lowest BCUT2D eigenvalue weighted by atomic mass is 10.0. The van der Waals surface area contributed by atoms with Crippen molar-refractivity contribution in [1.29, 1.82) is 0 Å². The van der Waals surface area contributed by atoms with Crippen molar-refractivity contribution < 1.29 is 9.90 Å². The first-order chi connectivity index (χ1) is 10.1. The van der Waals surface area contributed by atoms with Crippen LogP contribution in [0.4, 0.5) is 0 Å². The molecule has 0 amide bonds. The van der Waals surface area contributed by atoms with E-state index in [4.69, 9.17) is 4.98 Å². The molecule has 1 aliphatic rings. The highest BCUT2D eigenvalue weighted by molar-refractivity contribution is 9.10. The van der Waals surface area contributed by atoms with E-state index in [9.17, 15) is 9.90 Å². The molecule has 1 heterocycles. The van der Waals surface area contributed by atoms with Gasteiger partial charge in [0.25, 0.3) is 0 Å². The molecule has 3 rings (SSSR count). The van der Waals surface area contributed by atoms with Crippen LogP contribution in [-0.2, 0) is 11.3 Å². The molecule has 0 radical (unpaired) electrons. The highest BCUT2D eigenvalue weighted by Gasteiger charge is 2.33. The van der Waals surface area contributed by atoms with Crippen molar-refractivity contribution in [3.8, 4) is 0 Å². The highest BCUT2D eigenvalue weighted by atomic mass is 79.9. The normalized spacial score (nSPS) is 22.0. The number of carbonyl (C=O) groups is 1. The largest absolute Gasteiger partial charge is 0.481 e. The van der Waals surface area contributed by atoms with Gasteiger partial charge < -0.3 is 9.67 Å². The Morgan fingerprint density at radius 3 is 2.95 bits per heavy atom. The molecule has 2 aromatic rings. The fraction of sp³-hybridized carbons (Fsp3) is 0.500. The van der Waals surface area contributed by atoms with Gasteiger partial charge in [-0.2, -0.15) is 0 Å². The molecule has 0 saturated heterocycles. The number of aromatic nitrogens is 2. The zero-order chi connectivity index (χ0) is 15.0. The van der Waals surface area contributed by atoms with Gasteiger partial charge in [-0.3, -0.25) is 4.79 Å². The highest BCUT2D eigenvalue weighted by Crippen LogP contribution is 2.39. The van der Waals surface area contributed by atoms with E-state index in [1.807, 2.05) is 12.1 Å². The number of hydrogen-bond acceptors (Lipinski definition) is 2. The van der Waals surface area contributed by atoms with E-state index in [2.05, 4.69) is 33.5 Å². The van der Waals surface area contributed by atoms with Gasteiger partial charge in [-0.25, -0.2) is 4.98 Å². The van der Waals surface area contributed by atoms with Crippen LogP contribution in [0.15, 0.2) is 22.7 Å². The fourth-order valence-corrected chi connectivity index (χ4v) is 3.68. The molecular formula is C16H19BrN2O2. The second-order valence-electron chi connectivity index (χ2n) is 5.80. The van der Waals surface area contributed by atoms with Crippen molar-refractivity contribution in [2.24, 2.45) is 5.92 Å². The summed E-state index contributed by atoms with van der Waals surface area (Å²) < 4.78 is 3.30. The Balaban J connectivity index is 2.01. The van der Waals surface area contributed by atoms with Crippen LogP contribution in [-0.4, -0.2) is 20.6 Å². The van der Waals surface area contributed by atoms with E-state index in [0.717, 1.165) is 47.1 Å². The molecule has 1 aromatic heterocycles. The molecule has 0 aliphatic heterocycles. The summed E-state index contributed by atoms with van der Waals surface area (Å²) in [4.78, 5) is 16.0. The lowest BCUT2D eigenvalue weighted by Crippen LogP contribution is -2.11. The number of aliphatic carboxylic acids is 1. The average Bonchev–Trinajstić information content (AvgIpc) is 3.04. The van der Waals surface area contributed by atoms with Gasteiger partial charge >= 0.3 is 5.97 Å². The maximum absolute atomic E-state index is 11.2. The Morgan fingerprint density at radius 1 is 1.48 bits per heavy atom. The summed E-state index contributed by atoms with van der Waals surface area (Å²) >= 11 is 3.49. The summed E-state index contributed by atoms with van der Waals surface area (Å²) in [6, 6.07) is 6.17. The predicted molar refractivity (Wildman–Crippen MR) is 85.4 cm³/mol. The number of fused-ring (bicyclic) bond motifs is 1. The monoisotopic (exact) mass is 350 g/mol. The molecule has 5 heteroatoms. The number of carboxylic acids is 1. The van der Waals surface area contributed by atoms with E-state index >= 15 is 0 Å². The van der Waals surface area contributed by atoms with Crippen LogP contribution in [0, 0.1) is 5.92 Å². The summed E-state index contributed by atoms with van der Waals surface area (Å²) in [5, 5.41) is 9.19. The van der Waals surface area contributed by atoms with Crippen molar-refractivity contribution in [2.45, 2.75) is 45.1 Å². The van der Waals surface area contributed by atoms with Crippen molar-refractivity contribution in [3.63, 3.8) is 0 Å². The summed E-state index contributed by atoms with van der Waals surface area (Å²) in [5.41, 5.74) is 2.14. The zero-order valence-electron chi connectivity index (χ0n) is 12.1. The topological polar surface area (TPSA) is 55.1 Å². The molecule has 2 atom stereocenters. The number of aryl methyl sites for hydroxylation is 1. The first-order valence-electron chi connectivity index (χ1n) is 7.48. The van der Waals surface area contributed by atoms with E-state index < -0.39 is 5.97 Å². The van der Waals surface area contributed by atoms with Gasteiger partial charge in [0.05, 0.1) is 17.0 Å². The maximum atomic E-state index is 11.2. The summed E-state index contributed by atoms with van der Waals surface area (Å²) in [5.74, 6) is 0.451. The first kappa shape index (κ1) is 14.6. The van der Waals surface area contributed by atoms with Crippen LogP contribution in [0.3, 0.4) is 0 Å². The Bertz CT molecular complexity index is 680. The molecule has 1 N–H and O–H groups in total. The predicted octanol–water partition coefficient (Wildman–Crippen LogP) is 4.18. The average molecular weight is 351 g/mol. The SMILES string of the molecule is CCCn1c(C2CCC(C(=O)O)C2)nc2cc(Br)ccc21. The van der Waals surface area contributed by atoms with Gasteiger partial charge in [0.1, 0.15) is 5.82 Å². The third kappa shape index (κ3) is 2.71. The van der Waals surface area contributed by atoms with E-state index in [1.54, 1.807) is 0 Å². The summed E-state index contributed by atoms with van der Waals surface area (Å²) in [6.45, 7) is 3.09. The lowest BCUT2D eigenvalue weighted by molar-refractivity contribution is -0.141.